The minimum absolute atomic E-state index is 0.408. The third kappa shape index (κ3) is 1.56. The fraction of sp³-hybridized carbons (Fsp3) is 0.786. The van der Waals surface area contributed by atoms with Crippen molar-refractivity contribution in [2.24, 2.45) is 17.8 Å². The highest BCUT2D eigenvalue weighted by atomic mass is 16.1. The van der Waals surface area contributed by atoms with Gasteiger partial charge in [-0.05, 0) is 50.4 Å². The minimum atomic E-state index is 0.408. The lowest BCUT2D eigenvalue weighted by Crippen LogP contribution is -2.37. The van der Waals surface area contributed by atoms with Crippen LogP contribution >= 0.6 is 0 Å². The van der Waals surface area contributed by atoms with Crippen LogP contribution in [0.5, 0.6) is 0 Å². The molecular weight excluding hydrogens is 184 g/mol. The second kappa shape index (κ2) is 3.77. The number of allylic oxidation sites excluding steroid dienone is 2. The molecule has 15 heavy (non-hydrogen) atoms. The van der Waals surface area contributed by atoms with E-state index in [1.165, 1.54) is 32.1 Å². The van der Waals surface area contributed by atoms with Crippen LogP contribution in [0.4, 0.5) is 0 Å². The summed E-state index contributed by atoms with van der Waals surface area (Å²) in [6, 6.07) is 0. The third-order valence-electron chi connectivity index (χ3n) is 4.75. The molecule has 3 atom stereocenters. The summed E-state index contributed by atoms with van der Waals surface area (Å²) in [5, 5.41) is 0. The molecule has 0 amide bonds. The molecule has 0 bridgehead atoms. The molecule has 0 aromatic heterocycles. The molecule has 2 fully saturated rings. The summed E-state index contributed by atoms with van der Waals surface area (Å²) in [7, 11) is 0. The molecule has 3 unspecified atom stereocenters. The zero-order valence-electron chi connectivity index (χ0n) is 9.37. The van der Waals surface area contributed by atoms with E-state index in [-0.39, 0.29) is 0 Å². The van der Waals surface area contributed by atoms with Gasteiger partial charge in [0.05, 0.1) is 0 Å². The van der Waals surface area contributed by atoms with Crippen molar-refractivity contribution in [3.63, 3.8) is 0 Å². The average Bonchev–Trinajstić information content (AvgIpc) is 2.29. The van der Waals surface area contributed by atoms with Crippen molar-refractivity contribution in [3.05, 3.63) is 11.6 Å². The third-order valence-corrected chi connectivity index (χ3v) is 4.75. The summed E-state index contributed by atoms with van der Waals surface area (Å²) in [6.45, 7) is 0. The highest BCUT2D eigenvalue weighted by Gasteiger charge is 2.40. The number of rotatable bonds is 0. The van der Waals surface area contributed by atoms with Crippen LogP contribution in [0, 0.1) is 17.8 Å². The Balaban J connectivity index is 1.87. The Morgan fingerprint density at radius 1 is 1.00 bits per heavy atom. The first-order chi connectivity index (χ1) is 7.36. The Morgan fingerprint density at radius 3 is 2.87 bits per heavy atom. The molecule has 3 rings (SSSR count). The molecule has 1 heteroatoms. The van der Waals surface area contributed by atoms with E-state index < -0.39 is 0 Å². The molecule has 82 valence electrons. The summed E-state index contributed by atoms with van der Waals surface area (Å²) < 4.78 is 0. The number of fused-ring (bicyclic) bond motifs is 3. The lowest BCUT2D eigenvalue weighted by atomic mass is 9.62. The highest BCUT2D eigenvalue weighted by Crippen LogP contribution is 2.47. The largest absolute Gasteiger partial charge is 0.299 e. The van der Waals surface area contributed by atoms with Gasteiger partial charge in [-0.15, -0.1) is 0 Å². The van der Waals surface area contributed by atoms with Crippen molar-refractivity contribution in [2.45, 2.75) is 51.4 Å². The molecule has 0 spiro atoms. The topological polar surface area (TPSA) is 17.1 Å². The lowest BCUT2D eigenvalue weighted by molar-refractivity contribution is -0.127. The zero-order chi connectivity index (χ0) is 10.3. The maximum Gasteiger partial charge on any atom is 0.136 e. The maximum absolute atomic E-state index is 11.9. The van der Waals surface area contributed by atoms with Gasteiger partial charge in [-0.1, -0.05) is 18.1 Å². The van der Waals surface area contributed by atoms with Crippen LogP contribution in [0.3, 0.4) is 0 Å². The molecule has 3 aliphatic rings. The Kier molecular flexibility index (Phi) is 2.42. The first-order valence-electron chi connectivity index (χ1n) is 6.58. The average molecular weight is 204 g/mol. The summed E-state index contributed by atoms with van der Waals surface area (Å²) in [5.74, 6) is 2.49. The van der Waals surface area contributed by atoms with Gasteiger partial charge < -0.3 is 0 Å². The standard InChI is InChI=1S/C14H20O/c15-14-7-3-6-12-11-5-2-1-4-10(11)8-9-13(12)14/h8,11-13H,1-7,9H2. The molecule has 0 N–H and O–H groups in total. The Bertz CT molecular complexity index is 302. The van der Waals surface area contributed by atoms with Crippen LogP contribution in [0.2, 0.25) is 0 Å². The molecule has 2 saturated carbocycles. The SMILES string of the molecule is O=C1CCCC2C1CC=C1CCCCC12. The van der Waals surface area contributed by atoms with Crippen molar-refractivity contribution < 1.29 is 4.79 Å². The van der Waals surface area contributed by atoms with Crippen LogP contribution < -0.4 is 0 Å². The first-order valence-corrected chi connectivity index (χ1v) is 6.58. The molecule has 1 nitrogen and oxygen atoms in total. The Labute approximate surface area is 91.9 Å². The quantitative estimate of drug-likeness (QED) is 0.552. The van der Waals surface area contributed by atoms with Crippen molar-refractivity contribution in [1.29, 1.82) is 0 Å². The van der Waals surface area contributed by atoms with E-state index in [1.807, 2.05) is 0 Å². The maximum atomic E-state index is 11.9. The monoisotopic (exact) mass is 204 g/mol. The number of ketones is 1. The van der Waals surface area contributed by atoms with Crippen molar-refractivity contribution >= 4 is 5.78 Å². The Hall–Kier alpha value is -0.590. The molecule has 0 saturated heterocycles. The number of hydrogen-bond donors (Lipinski definition) is 0. The van der Waals surface area contributed by atoms with Gasteiger partial charge >= 0.3 is 0 Å². The molecule has 0 radical (unpaired) electrons. The van der Waals surface area contributed by atoms with Crippen LogP contribution in [0.15, 0.2) is 11.6 Å². The fourth-order valence-corrected chi connectivity index (χ4v) is 4.01. The molecule has 3 aliphatic carbocycles. The number of carbonyl (C=O) groups excluding carboxylic acids is 1. The van der Waals surface area contributed by atoms with Gasteiger partial charge in [0.1, 0.15) is 5.78 Å². The van der Waals surface area contributed by atoms with Gasteiger partial charge in [-0.2, -0.15) is 0 Å². The molecule has 0 aromatic carbocycles. The van der Waals surface area contributed by atoms with Gasteiger partial charge in [0, 0.05) is 12.3 Å². The van der Waals surface area contributed by atoms with E-state index in [2.05, 4.69) is 6.08 Å². The summed E-state index contributed by atoms with van der Waals surface area (Å²) in [6.07, 6.45) is 12.3. The van der Waals surface area contributed by atoms with Gasteiger partial charge in [0.25, 0.3) is 0 Å². The Morgan fingerprint density at radius 2 is 1.93 bits per heavy atom. The van der Waals surface area contributed by atoms with E-state index in [9.17, 15) is 4.79 Å². The molecular formula is C14H20O. The zero-order valence-corrected chi connectivity index (χ0v) is 9.37. The second-order valence-corrected chi connectivity index (χ2v) is 5.50. The van der Waals surface area contributed by atoms with Gasteiger partial charge in [0.15, 0.2) is 0 Å². The first kappa shape index (κ1) is 9.62. The van der Waals surface area contributed by atoms with Crippen LogP contribution in [-0.2, 0) is 4.79 Å². The molecule has 0 aromatic rings. The normalized spacial score (nSPS) is 40.4. The van der Waals surface area contributed by atoms with E-state index in [0.717, 1.165) is 31.1 Å². The smallest absolute Gasteiger partial charge is 0.136 e. The predicted molar refractivity (Wildman–Crippen MR) is 60.5 cm³/mol. The van der Waals surface area contributed by atoms with Crippen LogP contribution in [0.25, 0.3) is 0 Å². The predicted octanol–water partition coefficient (Wildman–Crippen LogP) is 3.49. The van der Waals surface area contributed by atoms with E-state index in [1.54, 1.807) is 5.57 Å². The molecule has 0 heterocycles. The van der Waals surface area contributed by atoms with Crippen molar-refractivity contribution in [2.75, 3.05) is 0 Å². The summed E-state index contributed by atoms with van der Waals surface area (Å²) in [4.78, 5) is 11.9. The van der Waals surface area contributed by atoms with Gasteiger partial charge in [-0.25, -0.2) is 0 Å². The molecule has 0 aliphatic heterocycles. The summed E-state index contributed by atoms with van der Waals surface area (Å²) >= 11 is 0. The summed E-state index contributed by atoms with van der Waals surface area (Å²) in [5.41, 5.74) is 1.71. The van der Waals surface area contributed by atoms with Crippen LogP contribution in [-0.4, -0.2) is 5.78 Å². The van der Waals surface area contributed by atoms with Gasteiger partial charge in [-0.3, -0.25) is 4.79 Å². The van der Waals surface area contributed by atoms with Crippen LogP contribution in [0.1, 0.15) is 51.4 Å². The fourth-order valence-electron chi connectivity index (χ4n) is 4.01. The highest BCUT2D eigenvalue weighted by molar-refractivity contribution is 5.82. The van der Waals surface area contributed by atoms with E-state index in [0.29, 0.717) is 11.7 Å². The van der Waals surface area contributed by atoms with Crippen molar-refractivity contribution in [3.8, 4) is 0 Å². The minimum Gasteiger partial charge on any atom is -0.299 e. The van der Waals surface area contributed by atoms with Crippen molar-refractivity contribution in [1.82, 2.24) is 0 Å². The second-order valence-electron chi connectivity index (χ2n) is 5.50. The van der Waals surface area contributed by atoms with E-state index >= 15 is 0 Å². The van der Waals surface area contributed by atoms with E-state index in [4.69, 9.17) is 0 Å². The number of hydrogen-bond acceptors (Lipinski definition) is 1. The number of Topliss-reactive ketones (excluding diaryl/α,β-unsaturated/α-hetero) is 1. The lowest BCUT2D eigenvalue weighted by Gasteiger charge is -2.42. The van der Waals surface area contributed by atoms with Gasteiger partial charge in [0.2, 0.25) is 0 Å². The number of carbonyl (C=O) groups is 1.